The molecule has 2 aliphatic heterocycles. The smallest absolute Gasteiger partial charge is 0.308 e. The number of hydrogen-bond acceptors (Lipinski definition) is 5. The van der Waals surface area contributed by atoms with Crippen LogP contribution in [-0.2, 0) is 19.5 Å². The van der Waals surface area contributed by atoms with E-state index in [0.29, 0.717) is 26.3 Å². The fourth-order valence-electron chi connectivity index (χ4n) is 1.40. The van der Waals surface area contributed by atoms with Crippen molar-refractivity contribution in [2.45, 2.75) is 0 Å². The van der Waals surface area contributed by atoms with Crippen LogP contribution in [0.1, 0.15) is 0 Å². The summed E-state index contributed by atoms with van der Waals surface area (Å²) in [6, 6.07) is 0.0847. The van der Waals surface area contributed by atoms with E-state index >= 15 is 0 Å². The fraction of sp³-hybridized carbons (Fsp3) is 0.625. The van der Waals surface area contributed by atoms with Crippen LogP contribution in [-0.4, -0.2) is 51.5 Å². The van der Waals surface area contributed by atoms with Crippen LogP contribution in [0.5, 0.6) is 0 Å². The van der Waals surface area contributed by atoms with Gasteiger partial charge in [-0.05, 0) is 0 Å². The highest BCUT2D eigenvalue weighted by atomic mass is 35.5. The first-order valence-corrected chi connectivity index (χ1v) is 6.76. The summed E-state index contributed by atoms with van der Waals surface area (Å²) < 4.78 is 36.8. The third-order valence-corrected chi connectivity index (χ3v) is 3.36. The van der Waals surface area contributed by atoms with E-state index in [4.69, 9.17) is 21.1 Å². The molecular weight excluding hydrogens is 256 g/mol. The topological polar surface area (TPSA) is 68.2 Å². The second kappa shape index (κ2) is 4.60. The standard InChI is InChI=1S/C8H11ClN2O4S/c9-5-7-6-16(12,13)10-8(15-7)11-1-3-14-4-2-11/h6H,1-5H2. The first-order valence-electron chi connectivity index (χ1n) is 4.73. The lowest BCUT2D eigenvalue weighted by atomic mass is 10.4. The van der Waals surface area contributed by atoms with E-state index in [-0.39, 0.29) is 17.7 Å². The molecule has 0 aliphatic carbocycles. The van der Waals surface area contributed by atoms with Crippen LogP contribution < -0.4 is 0 Å². The van der Waals surface area contributed by atoms with Crippen molar-refractivity contribution in [3.63, 3.8) is 0 Å². The van der Waals surface area contributed by atoms with Crippen LogP contribution in [0, 0.1) is 0 Å². The predicted octanol–water partition coefficient (Wildman–Crippen LogP) is 0.115. The minimum absolute atomic E-state index is 0.00257. The van der Waals surface area contributed by atoms with E-state index < -0.39 is 10.0 Å². The maximum Gasteiger partial charge on any atom is 0.308 e. The molecule has 0 saturated carbocycles. The maximum atomic E-state index is 11.4. The van der Waals surface area contributed by atoms with Crippen LogP contribution >= 0.6 is 11.6 Å². The molecule has 8 heteroatoms. The zero-order chi connectivity index (χ0) is 11.6. The fourth-order valence-corrected chi connectivity index (χ4v) is 2.51. The quantitative estimate of drug-likeness (QED) is 0.631. The van der Waals surface area contributed by atoms with Crippen LogP contribution in [0.3, 0.4) is 0 Å². The number of nitrogens with zero attached hydrogens (tertiary/aromatic N) is 2. The van der Waals surface area contributed by atoms with Gasteiger partial charge in [-0.15, -0.1) is 16.0 Å². The average molecular weight is 267 g/mol. The van der Waals surface area contributed by atoms with Gasteiger partial charge in [0, 0.05) is 13.1 Å². The number of rotatable bonds is 1. The maximum absolute atomic E-state index is 11.4. The lowest BCUT2D eigenvalue weighted by Crippen LogP contribution is -2.43. The third kappa shape index (κ3) is 2.66. The van der Waals surface area contributed by atoms with Gasteiger partial charge in [-0.1, -0.05) is 0 Å². The number of alkyl halides is 1. The molecule has 2 aliphatic rings. The predicted molar refractivity (Wildman–Crippen MR) is 58.6 cm³/mol. The Hall–Kier alpha value is -0.790. The van der Waals surface area contributed by atoms with Gasteiger partial charge in [0.05, 0.1) is 24.5 Å². The first-order chi connectivity index (χ1) is 7.61. The minimum atomic E-state index is -3.61. The Morgan fingerprint density at radius 3 is 2.75 bits per heavy atom. The van der Waals surface area contributed by atoms with E-state index in [1.807, 2.05) is 0 Å². The van der Waals surface area contributed by atoms with Gasteiger partial charge in [-0.25, -0.2) is 0 Å². The highest BCUT2D eigenvalue weighted by Gasteiger charge is 2.25. The molecule has 0 radical (unpaired) electrons. The lowest BCUT2D eigenvalue weighted by molar-refractivity contribution is 0.0587. The highest BCUT2D eigenvalue weighted by molar-refractivity contribution is 7.93. The Morgan fingerprint density at radius 2 is 2.12 bits per heavy atom. The number of sulfonamides is 1. The zero-order valence-corrected chi connectivity index (χ0v) is 10.00. The normalized spacial score (nSPS) is 24.4. The molecule has 90 valence electrons. The van der Waals surface area contributed by atoms with Gasteiger partial charge in [0.2, 0.25) is 0 Å². The zero-order valence-electron chi connectivity index (χ0n) is 8.43. The summed E-state index contributed by atoms with van der Waals surface area (Å²) in [6.45, 7) is 2.18. The Labute approximate surface area is 98.5 Å². The van der Waals surface area contributed by atoms with E-state index in [1.165, 1.54) is 0 Å². The molecule has 6 nitrogen and oxygen atoms in total. The van der Waals surface area contributed by atoms with E-state index in [2.05, 4.69) is 4.40 Å². The SMILES string of the molecule is O=S1(=O)C=C(CCl)OC(N2CCOCC2)=N1. The summed E-state index contributed by atoms with van der Waals surface area (Å²) in [5.41, 5.74) is 0. The highest BCUT2D eigenvalue weighted by Crippen LogP contribution is 2.16. The molecule has 0 amide bonds. The van der Waals surface area contributed by atoms with Gasteiger partial charge in [-0.3, -0.25) is 0 Å². The Morgan fingerprint density at radius 1 is 1.44 bits per heavy atom. The molecule has 0 atom stereocenters. The van der Waals surface area contributed by atoms with Crippen molar-refractivity contribution < 1.29 is 17.9 Å². The van der Waals surface area contributed by atoms with E-state index in [1.54, 1.807) is 4.90 Å². The van der Waals surface area contributed by atoms with Crippen LogP contribution in [0.4, 0.5) is 0 Å². The molecule has 2 heterocycles. The molecule has 0 N–H and O–H groups in total. The molecule has 1 saturated heterocycles. The number of morpholine rings is 1. The van der Waals surface area contributed by atoms with Crippen molar-refractivity contribution in [3.8, 4) is 0 Å². The molecule has 16 heavy (non-hydrogen) atoms. The van der Waals surface area contributed by atoms with Gasteiger partial charge in [-0.2, -0.15) is 8.42 Å². The molecular formula is C8H11ClN2O4S. The molecule has 1 fully saturated rings. The molecule has 0 aromatic rings. The number of amidine groups is 1. The molecule has 0 aromatic heterocycles. The van der Waals surface area contributed by atoms with Crippen molar-refractivity contribution in [2.24, 2.45) is 4.40 Å². The van der Waals surface area contributed by atoms with E-state index in [9.17, 15) is 8.42 Å². The average Bonchev–Trinajstić information content (AvgIpc) is 2.28. The number of ether oxygens (including phenoxy) is 2. The van der Waals surface area contributed by atoms with Crippen molar-refractivity contribution >= 4 is 27.6 Å². The van der Waals surface area contributed by atoms with Crippen LogP contribution in [0.25, 0.3) is 0 Å². The van der Waals surface area contributed by atoms with Gasteiger partial charge >= 0.3 is 6.02 Å². The summed E-state index contributed by atoms with van der Waals surface area (Å²) in [6.07, 6.45) is 0. The summed E-state index contributed by atoms with van der Waals surface area (Å²) in [5.74, 6) is 0.195. The van der Waals surface area contributed by atoms with E-state index in [0.717, 1.165) is 5.41 Å². The second-order valence-corrected chi connectivity index (χ2v) is 5.02. The molecule has 0 bridgehead atoms. The molecule has 0 unspecified atom stereocenters. The Balaban J connectivity index is 2.19. The summed E-state index contributed by atoms with van der Waals surface area (Å²) in [7, 11) is -3.61. The van der Waals surface area contributed by atoms with Crippen molar-refractivity contribution in [2.75, 3.05) is 32.2 Å². The van der Waals surface area contributed by atoms with Gasteiger partial charge in [0.15, 0.2) is 0 Å². The van der Waals surface area contributed by atoms with Gasteiger partial charge in [0.25, 0.3) is 10.0 Å². The summed E-state index contributed by atoms with van der Waals surface area (Å²) >= 11 is 5.56. The van der Waals surface area contributed by atoms with Crippen molar-refractivity contribution in [3.05, 3.63) is 11.2 Å². The van der Waals surface area contributed by atoms with Gasteiger partial charge in [0.1, 0.15) is 5.76 Å². The monoisotopic (exact) mass is 266 g/mol. The van der Waals surface area contributed by atoms with Crippen LogP contribution in [0.2, 0.25) is 0 Å². The molecule has 2 rings (SSSR count). The third-order valence-electron chi connectivity index (χ3n) is 2.12. The first kappa shape index (κ1) is 11.7. The number of halogens is 1. The van der Waals surface area contributed by atoms with Crippen LogP contribution in [0.15, 0.2) is 15.6 Å². The Bertz CT molecular complexity index is 425. The van der Waals surface area contributed by atoms with Gasteiger partial charge < -0.3 is 14.4 Å². The number of hydrogen-bond donors (Lipinski definition) is 0. The Kier molecular flexibility index (Phi) is 3.36. The van der Waals surface area contributed by atoms with Crippen molar-refractivity contribution in [1.82, 2.24) is 4.90 Å². The second-order valence-electron chi connectivity index (χ2n) is 3.31. The molecule has 0 aromatic carbocycles. The largest absolute Gasteiger partial charge is 0.428 e. The summed E-state index contributed by atoms with van der Waals surface area (Å²) in [5, 5.41) is 0.934. The summed E-state index contributed by atoms with van der Waals surface area (Å²) in [4.78, 5) is 1.72. The molecule has 0 spiro atoms. The van der Waals surface area contributed by atoms with Crippen molar-refractivity contribution in [1.29, 1.82) is 0 Å². The minimum Gasteiger partial charge on any atom is -0.428 e. The number of allylic oxidation sites excluding steroid dienone is 1. The lowest BCUT2D eigenvalue weighted by Gasteiger charge is -2.29.